The van der Waals surface area contributed by atoms with Crippen molar-refractivity contribution in [2.24, 2.45) is 0 Å². The topological polar surface area (TPSA) is 50.9 Å². The third kappa shape index (κ3) is 7.80. The van der Waals surface area contributed by atoms with Crippen LogP contribution in [0.5, 0.6) is 0 Å². The van der Waals surface area contributed by atoms with Gasteiger partial charge in [0.2, 0.25) is 0 Å². The fraction of sp³-hybridized carbons (Fsp3) is 0.0270. The van der Waals surface area contributed by atoms with Crippen LogP contribution in [0.1, 0.15) is 66.8 Å². The van der Waals surface area contributed by atoms with E-state index in [2.05, 4.69) is 453 Å². The molecule has 3 radical (unpaired) electrons. The summed E-state index contributed by atoms with van der Waals surface area (Å²) in [5.74, 6) is 0. The zero-order chi connectivity index (χ0) is 96.1. The zero-order valence-corrected chi connectivity index (χ0v) is 89.9. The van der Waals surface area contributed by atoms with Crippen molar-refractivity contribution in [3.63, 3.8) is 0 Å². The number of fused-ring (bicyclic) bond motifs is 24. The molecule has 3 aromatic heterocycles. The molecule has 21 aromatic rings. The summed E-state index contributed by atoms with van der Waals surface area (Å²) in [6.07, 6.45) is 6.16. The number of benzene rings is 18. The van der Waals surface area contributed by atoms with E-state index in [9.17, 15) is 0 Å². The molecule has 21 fully saturated rings. The van der Waals surface area contributed by atoms with Gasteiger partial charge < -0.3 is 0 Å². The third-order valence-corrected chi connectivity index (χ3v) is 106. The Hall–Kier alpha value is -10.4. The van der Waals surface area contributed by atoms with Crippen molar-refractivity contribution in [2.75, 3.05) is 0 Å². The first-order chi connectivity index (χ1) is 74.0. The molecule has 6 nitrogen and oxygen atoms in total. The summed E-state index contributed by atoms with van der Waals surface area (Å²) < 4.78 is 8.06. The van der Waals surface area contributed by atoms with Gasteiger partial charge in [0.05, 0.1) is 0 Å². The van der Waals surface area contributed by atoms with Gasteiger partial charge in [-0.2, -0.15) is 0 Å². The molecule has 27 aliphatic heterocycles. The van der Waals surface area contributed by atoms with Crippen LogP contribution in [0.3, 0.4) is 0 Å². The van der Waals surface area contributed by atoms with Crippen molar-refractivity contribution in [3.05, 3.63) is 485 Å². The molecule has 3 N–H and O–H groups in total. The third-order valence-electron chi connectivity index (χ3n) is 52.4. The predicted octanol–water partition coefficient (Wildman–Crippen LogP) is 7.78. The number of para-hydroxylation sites is 4. The summed E-state index contributed by atoms with van der Waals surface area (Å²) in [4.78, 5) is 15.0. The first kappa shape index (κ1) is 81.3. The molecular weight excluding hydrogens is 1900 g/mol. The molecule has 150 heavy (non-hydrogen) atoms. The van der Waals surface area contributed by atoms with Crippen molar-refractivity contribution in [2.45, 2.75) is 16.2 Å². The number of hydrogen-bond acceptors (Lipinski definition) is 3. The summed E-state index contributed by atoms with van der Waals surface area (Å²) in [7, 11) is 0.664. The molecule has 27 aliphatic rings. The Labute approximate surface area is 883 Å². The Morgan fingerprint density at radius 2 is 0.527 bits per heavy atom. The monoisotopic (exact) mass is 1980 g/mol. The Morgan fingerprint density at radius 1 is 0.227 bits per heavy atom. The van der Waals surface area contributed by atoms with E-state index in [-0.39, 0.29) is 48.2 Å². The zero-order valence-electron chi connectivity index (χ0n) is 84.5. The van der Waals surface area contributed by atoms with E-state index in [0.29, 0.717) is 13.8 Å². The number of nitrogens with one attached hydrogen (secondary N) is 3. The standard InChI is InChI=1S/3C37H28B9N2P2/c1-3-12-24(13-4-1)37(25-14-5-2-6-15-25)29-17-8-9-19-31(29)41-32-23-26(49(42-38-43(49)46(42)49)47-50-39-44(50)45(50)40-50)22-28-27-16-7-10-20-33(27)48(36(28)32)34-21-11-18-30(37)35(34)41;1-3-12-24(13-4-1)37(25-14-5-2-6-15-25)28-17-8-9-19-30(28)41-34-29(37)18-11-21-32(34)48-31-20-10-7-16-26(31)27-22-23-33(35(41)36(27)48)49(42-38-43(49)46(42)49)47-50-39-44(50)45(50)40-50;1-3-12-24(13-4-1)37(25-14-5-2-6-15-25)28-18-10-22-32-34(28)41(30-20-9-17-27-26-16-7-8-21-31(26)48(32)36(27)30)35-29(37)19-11-23-33(35)49(42-38-43(49)46(42)49)47-50-39-44(50)45(50)40-50/h3*1-23,47H,38-39H2/q3*-2. The van der Waals surface area contributed by atoms with Crippen molar-refractivity contribution >= 4 is 344 Å². The SMILES string of the molecule is [B]1B2B3[BH2-]P123NP12(c3cc4c5c(c3)c3ccccc3n5-c3cccc5c3B4c3ccccc3C5(c3ccccc3)c3ccccc3)B3[BH2-]B1B32.[B]1B2B3[BH2-]P123NP12(c3ccc4c5ccccc5n5c4c3B3c4ccccc4C(c4ccccc4)(c4ccccc4)c4cccc-5c43)B3[BH2-]B1B32.[B]1B2B3[BH2-]P123NP12(c3cccc4c3B3c5c(cccc5C4(c4ccccc4)c4ccccc4)-n4c5ccccc5c5cccc3c54)B3[BH2-]B1B32. The normalized spacial score (nSPS) is 24.5. The van der Waals surface area contributed by atoms with Crippen molar-refractivity contribution < 1.29 is 0 Å². The Balaban J connectivity index is 0.0000000838. The van der Waals surface area contributed by atoms with Crippen LogP contribution in [-0.2, 0) is 16.2 Å². The molecule has 3 spiro atoms. The van der Waals surface area contributed by atoms with Crippen LogP contribution in [0.2, 0.25) is 0 Å². The number of nitrogens with zero attached hydrogens (tertiary/aromatic N) is 3. The van der Waals surface area contributed by atoms with Crippen LogP contribution in [0.25, 0.3) is 82.5 Å². The van der Waals surface area contributed by atoms with Gasteiger partial charge in [-0.3, -0.25) is 0 Å². The van der Waals surface area contributed by atoms with Crippen LogP contribution < -0.4 is 79.7 Å². The van der Waals surface area contributed by atoms with E-state index in [0.717, 1.165) is 74.6 Å². The minimum atomic E-state index is -2.12. The molecule has 48 rings (SSSR count). The number of hydrogen-bond donors (Lipinski definition) is 3. The first-order valence-electron chi connectivity index (χ1n) is 58.2. The van der Waals surface area contributed by atoms with E-state index in [1.165, 1.54) is 195 Å². The van der Waals surface area contributed by atoms with Gasteiger partial charge in [0.25, 0.3) is 0 Å². The molecule has 0 saturated carbocycles. The quantitative estimate of drug-likeness (QED) is 0.0727. The second-order valence-corrected chi connectivity index (χ2v) is 90.9. The molecule has 0 atom stereocenters. The molecule has 6 bridgehead atoms. The summed E-state index contributed by atoms with van der Waals surface area (Å²) in [6.45, 7) is 10.3. The van der Waals surface area contributed by atoms with Crippen LogP contribution in [0.15, 0.2) is 419 Å². The summed E-state index contributed by atoms with van der Waals surface area (Å²) in [5.41, 5.74) is 42.3. The molecule has 21 saturated heterocycles. The van der Waals surface area contributed by atoms with Crippen LogP contribution in [0.4, 0.5) is 0 Å². The minimum absolute atomic E-state index is 0.198. The van der Waals surface area contributed by atoms with Crippen LogP contribution in [0, 0.1) is 0 Å². The molecule has 675 valence electrons. The summed E-state index contributed by atoms with van der Waals surface area (Å²) in [6, 6.07) is 164. The van der Waals surface area contributed by atoms with Gasteiger partial charge in [0.15, 0.2) is 0 Å². The average molecular weight is 1980 g/mol. The van der Waals surface area contributed by atoms with Gasteiger partial charge >= 0.3 is 891 Å². The van der Waals surface area contributed by atoms with Gasteiger partial charge in [-0.25, -0.2) is 0 Å². The van der Waals surface area contributed by atoms with Crippen molar-refractivity contribution in [3.8, 4) is 17.1 Å². The molecule has 0 unspecified atom stereocenters. The Kier molecular flexibility index (Phi) is 13.2. The van der Waals surface area contributed by atoms with E-state index in [1.807, 2.05) is 15.9 Å². The van der Waals surface area contributed by atoms with Crippen LogP contribution in [-0.4, -0.2) is 190 Å². The molecular formula is C111H84B27N6P6-6. The fourth-order valence-electron chi connectivity index (χ4n) is 44.9. The van der Waals surface area contributed by atoms with Gasteiger partial charge in [-0.15, -0.1) is 0 Å². The van der Waals surface area contributed by atoms with E-state index in [1.54, 1.807) is 22.0 Å². The molecule has 0 amide bonds. The maximum absolute atomic E-state index is 5.02. The average Bonchev–Trinajstić information content (AvgIpc) is 1.33. The molecule has 30 heterocycles. The van der Waals surface area contributed by atoms with Crippen LogP contribution >= 0.6 is 38.0 Å². The predicted molar refractivity (Wildman–Crippen MR) is 696 cm³/mol. The fourth-order valence-corrected chi connectivity index (χ4v) is 120. The van der Waals surface area contributed by atoms with E-state index < -0.39 is 54.2 Å². The second-order valence-electron chi connectivity index (χ2n) is 54.6. The first-order valence-corrected chi connectivity index (χ1v) is 74.2. The second kappa shape index (κ2) is 24.3. The van der Waals surface area contributed by atoms with Gasteiger partial charge in [0, 0.05) is 0 Å². The number of aromatic nitrogens is 3. The Bertz CT molecular complexity index is 10100. The number of rotatable bonds is 15. The summed E-state index contributed by atoms with van der Waals surface area (Å²) in [5, 5.41) is 14.1. The van der Waals surface area contributed by atoms with Crippen molar-refractivity contribution in [1.29, 1.82) is 0 Å². The van der Waals surface area contributed by atoms with E-state index in [4.69, 9.17) is 14.6 Å². The molecule has 18 aromatic carbocycles. The van der Waals surface area contributed by atoms with Gasteiger partial charge in [-0.05, 0) is 0 Å². The van der Waals surface area contributed by atoms with Gasteiger partial charge in [-0.1, -0.05) is 0 Å². The van der Waals surface area contributed by atoms with Crippen molar-refractivity contribution in [1.82, 2.24) is 28.3 Å². The molecule has 0 aliphatic carbocycles. The maximum atomic E-state index is 5.02. The molecule has 39 heteroatoms. The Morgan fingerprint density at radius 3 is 0.927 bits per heavy atom. The summed E-state index contributed by atoms with van der Waals surface area (Å²) >= 11 is 0. The van der Waals surface area contributed by atoms with E-state index >= 15 is 0 Å². The van der Waals surface area contributed by atoms with Gasteiger partial charge in [0.1, 0.15) is 0 Å².